The Labute approximate surface area is 73.3 Å². The molecule has 1 unspecified atom stereocenters. The number of likely N-dealkylation sites (N-methyl/N-ethyl adjacent to an activating group) is 1. The first-order valence-electron chi connectivity index (χ1n) is 4.72. The van der Waals surface area contributed by atoms with Crippen LogP contribution in [0.5, 0.6) is 0 Å². The lowest BCUT2D eigenvalue weighted by Crippen LogP contribution is -2.38. The van der Waals surface area contributed by atoms with Gasteiger partial charge in [-0.1, -0.05) is 0 Å². The van der Waals surface area contributed by atoms with Crippen LogP contribution in [0.3, 0.4) is 0 Å². The molecular formula is C9H17NO2. The smallest absolute Gasteiger partial charge is 0.0936 e. The summed E-state index contributed by atoms with van der Waals surface area (Å²) in [5.41, 5.74) is 0. The van der Waals surface area contributed by atoms with Crippen molar-refractivity contribution in [3.8, 4) is 0 Å². The van der Waals surface area contributed by atoms with Crippen LogP contribution in [0.4, 0.5) is 0 Å². The number of epoxide rings is 1. The SMILES string of the molecule is CN(CC1CC(O)C1)CC1CO1. The minimum absolute atomic E-state index is 0.0134. The molecule has 1 saturated heterocycles. The standard InChI is InChI=1S/C9H17NO2/c1-10(5-9-6-12-9)4-7-2-8(11)3-7/h7-9,11H,2-6H2,1H3. The zero-order valence-corrected chi connectivity index (χ0v) is 7.57. The molecule has 1 aliphatic carbocycles. The summed E-state index contributed by atoms with van der Waals surface area (Å²) in [6, 6.07) is 0. The molecule has 2 fully saturated rings. The van der Waals surface area contributed by atoms with Crippen molar-refractivity contribution in [3.63, 3.8) is 0 Å². The van der Waals surface area contributed by atoms with Gasteiger partial charge in [0.2, 0.25) is 0 Å². The largest absolute Gasteiger partial charge is 0.393 e. The van der Waals surface area contributed by atoms with Gasteiger partial charge in [-0.2, -0.15) is 0 Å². The van der Waals surface area contributed by atoms with E-state index in [1.165, 1.54) is 0 Å². The fourth-order valence-corrected chi connectivity index (χ4v) is 1.89. The maximum atomic E-state index is 9.08. The molecule has 1 atom stereocenters. The van der Waals surface area contributed by atoms with Crippen molar-refractivity contribution in [3.05, 3.63) is 0 Å². The van der Waals surface area contributed by atoms with Crippen LogP contribution >= 0.6 is 0 Å². The second-order valence-corrected chi connectivity index (χ2v) is 4.17. The molecule has 0 amide bonds. The van der Waals surface area contributed by atoms with Crippen LogP contribution in [0.1, 0.15) is 12.8 Å². The summed E-state index contributed by atoms with van der Waals surface area (Å²) in [4.78, 5) is 2.31. The molecule has 0 radical (unpaired) electrons. The second-order valence-electron chi connectivity index (χ2n) is 4.17. The minimum Gasteiger partial charge on any atom is -0.393 e. The normalized spacial score (nSPS) is 39.8. The third-order valence-corrected chi connectivity index (χ3v) is 2.70. The van der Waals surface area contributed by atoms with Gasteiger partial charge in [-0.05, 0) is 25.8 Å². The van der Waals surface area contributed by atoms with E-state index in [0.29, 0.717) is 6.10 Å². The fourth-order valence-electron chi connectivity index (χ4n) is 1.89. The van der Waals surface area contributed by atoms with Crippen LogP contribution in [0, 0.1) is 5.92 Å². The van der Waals surface area contributed by atoms with E-state index < -0.39 is 0 Å². The van der Waals surface area contributed by atoms with E-state index in [1.54, 1.807) is 0 Å². The summed E-state index contributed by atoms with van der Waals surface area (Å²) in [5, 5.41) is 9.08. The molecule has 12 heavy (non-hydrogen) atoms. The predicted octanol–water partition coefficient (Wildman–Crippen LogP) is 0.0879. The van der Waals surface area contributed by atoms with Gasteiger partial charge < -0.3 is 14.7 Å². The van der Waals surface area contributed by atoms with Crippen molar-refractivity contribution < 1.29 is 9.84 Å². The van der Waals surface area contributed by atoms with E-state index in [4.69, 9.17) is 9.84 Å². The number of aliphatic hydroxyl groups excluding tert-OH is 1. The molecule has 3 heteroatoms. The van der Waals surface area contributed by atoms with Crippen LogP contribution in [0.15, 0.2) is 0 Å². The number of nitrogens with zero attached hydrogens (tertiary/aromatic N) is 1. The Hall–Kier alpha value is -0.120. The minimum atomic E-state index is -0.0134. The van der Waals surface area contributed by atoms with Crippen molar-refractivity contribution in [2.75, 3.05) is 26.7 Å². The van der Waals surface area contributed by atoms with Gasteiger partial charge in [0, 0.05) is 13.1 Å². The highest BCUT2D eigenvalue weighted by Crippen LogP contribution is 2.27. The molecule has 0 aromatic rings. The monoisotopic (exact) mass is 171 g/mol. The van der Waals surface area contributed by atoms with Gasteiger partial charge in [0.05, 0.1) is 18.8 Å². The molecule has 0 aromatic heterocycles. The third-order valence-electron chi connectivity index (χ3n) is 2.70. The van der Waals surface area contributed by atoms with E-state index in [9.17, 15) is 0 Å². The summed E-state index contributed by atoms with van der Waals surface area (Å²) in [6.45, 7) is 3.13. The average molecular weight is 171 g/mol. The van der Waals surface area contributed by atoms with Crippen LogP contribution in [0.2, 0.25) is 0 Å². The van der Waals surface area contributed by atoms with Crippen molar-refractivity contribution in [2.45, 2.75) is 25.0 Å². The maximum Gasteiger partial charge on any atom is 0.0936 e. The Balaban J connectivity index is 1.58. The lowest BCUT2D eigenvalue weighted by molar-refractivity contribution is 0.0276. The first kappa shape index (κ1) is 8.48. The fraction of sp³-hybridized carbons (Fsp3) is 1.00. The number of hydrogen-bond donors (Lipinski definition) is 1. The van der Waals surface area contributed by atoms with Gasteiger partial charge in [-0.15, -0.1) is 0 Å². The Morgan fingerprint density at radius 2 is 2.08 bits per heavy atom. The Kier molecular flexibility index (Phi) is 2.35. The molecule has 70 valence electrons. The highest BCUT2D eigenvalue weighted by Gasteiger charge is 2.30. The molecule has 1 N–H and O–H groups in total. The maximum absolute atomic E-state index is 9.08. The molecule has 2 rings (SSSR count). The number of hydrogen-bond acceptors (Lipinski definition) is 3. The summed E-state index contributed by atoms with van der Waals surface area (Å²) < 4.78 is 5.14. The molecule has 1 saturated carbocycles. The van der Waals surface area contributed by atoms with Crippen molar-refractivity contribution in [1.82, 2.24) is 4.90 Å². The average Bonchev–Trinajstić information content (AvgIpc) is 2.68. The van der Waals surface area contributed by atoms with Gasteiger partial charge >= 0.3 is 0 Å². The molecular weight excluding hydrogens is 154 g/mol. The molecule has 0 bridgehead atoms. The van der Waals surface area contributed by atoms with Gasteiger partial charge in [0.1, 0.15) is 0 Å². The van der Waals surface area contributed by atoms with E-state index >= 15 is 0 Å². The Morgan fingerprint density at radius 3 is 2.58 bits per heavy atom. The predicted molar refractivity (Wildman–Crippen MR) is 46.0 cm³/mol. The molecule has 1 aliphatic heterocycles. The summed E-state index contributed by atoms with van der Waals surface area (Å²) in [5.74, 6) is 0.726. The van der Waals surface area contributed by atoms with Crippen LogP contribution in [0.25, 0.3) is 0 Å². The van der Waals surface area contributed by atoms with Gasteiger partial charge in [0.25, 0.3) is 0 Å². The first-order valence-corrected chi connectivity index (χ1v) is 4.72. The number of aliphatic hydroxyl groups is 1. The van der Waals surface area contributed by atoms with E-state index in [2.05, 4.69) is 11.9 Å². The third kappa shape index (κ3) is 2.19. The van der Waals surface area contributed by atoms with E-state index in [-0.39, 0.29) is 6.10 Å². The molecule has 0 aromatic carbocycles. The second kappa shape index (κ2) is 3.32. The first-order chi connectivity index (χ1) is 5.74. The van der Waals surface area contributed by atoms with E-state index in [0.717, 1.165) is 38.5 Å². The molecule has 0 spiro atoms. The van der Waals surface area contributed by atoms with Crippen LogP contribution in [-0.2, 0) is 4.74 Å². The van der Waals surface area contributed by atoms with Crippen LogP contribution in [-0.4, -0.2) is 49.0 Å². The molecule has 2 aliphatic rings. The number of ether oxygens (including phenoxy) is 1. The topological polar surface area (TPSA) is 36.0 Å². The van der Waals surface area contributed by atoms with E-state index in [1.807, 2.05) is 0 Å². The lowest BCUT2D eigenvalue weighted by atomic mass is 9.82. The highest BCUT2D eigenvalue weighted by atomic mass is 16.6. The quantitative estimate of drug-likeness (QED) is 0.609. The van der Waals surface area contributed by atoms with Crippen molar-refractivity contribution in [1.29, 1.82) is 0 Å². The number of rotatable bonds is 4. The zero-order chi connectivity index (χ0) is 8.55. The summed E-state index contributed by atoms with van der Waals surface area (Å²) in [6.07, 6.45) is 2.48. The van der Waals surface area contributed by atoms with Gasteiger partial charge in [-0.25, -0.2) is 0 Å². The summed E-state index contributed by atoms with van der Waals surface area (Å²) in [7, 11) is 2.13. The Morgan fingerprint density at radius 1 is 1.42 bits per heavy atom. The van der Waals surface area contributed by atoms with Gasteiger partial charge in [-0.3, -0.25) is 0 Å². The van der Waals surface area contributed by atoms with Crippen LogP contribution < -0.4 is 0 Å². The Bertz CT molecular complexity index is 153. The van der Waals surface area contributed by atoms with Crippen molar-refractivity contribution >= 4 is 0 Å². The van der Waals surface area contributed by atoms with Gasteiger partial charge in [0.15, 0.2) is 0 Å². The molecule has 1 heterocycles. The van der Waals surface area contributed by atoms with Crippen molar-refractivity contribution in [2.24, 2.45) is 5.92 Å². The summed E-state index contributed by atoms with van der Waals surface area (Å²) >= 11 is 0. The highest BCUT2D eigenvalue weighted by molar-refractivity contribution is 4.82. The lowest BCUT2D eigenvalue weighted by Gasteiger charge is -2.34. The molecule has 3 nitrogen and oxygen atoms in total. The zero-order valence-electron chi connectivity index (χ0n) is 7.57.